The number of ether oxygens (including phenoxy) is 1. The van der Waals surface area contributed by atoms with Crippen LogP contribution in [0, 0.1) is 0 Å². The Hall–Kier alpha value is -2.83. The highest BCUT2D eigenvalue weighted by Crippen LogP contribution is 2.18. The number of hydrogen-bond donors (Lipinski definition) is 2. The molecule has 7 nitrogen and oxygen atoms in total. The first-order valence-corrected chi connectivity index (χ1v) is 8.33. The van der Waals surface area contributed by atoms with Crippen LogP contribution < -0.4 is 15.4 Å². The van der Waals surface area contributed by atoms with Crippen LogP contribution in [0.5, 0.6) is 5.75 Å². The molecule has 0 aliphatic heterocycles. The SMILES string of the molecule is CCC(=O)Nc1cccc(OCC(=O)N[C@H](CC)c2ccnn2C)c1. The van der Waals surface area contributed by atoms with Crippen molar-refractivity contribution in [2.75, 3.05) is 11.9 Å². The molecule has 25 heavy (non-hydrogen) atoms. The molecule has 2 N–H and O–H groups in total. The number of aromatic nitrogens is 2. The fraction of sp³-hybridized carbons (Fsp3) is 0.389. The number of benzene rings is 1. The van der Waals surface area contributed by atoms with Gasteiger partial charge in [0, 0.05) is 31.4 Å². The fourth-order valence-corrected chi connectivity index (χ4v) is 2.41. The lowest BCUT2D eigenvalue weighted by atomic mass is 10.1. The van der Waals surface area contributed by atoms with Gasteiger partial charge < -0.3 is 15.4 Å². The standard InChI is InChI=1S/C18H24N4O3/c1-4-15(16-9-10-19-22(16)3)21-18(24)12-25-14-8-6-7-13(11-14)20-17(23)5-2/h6-11,15H,4-5,12H2,1-3H3,(H,20,23)(H,21,24)/t15-/m1/s1. The summed E-state index contributed by atoms with van der Waals surface area (Å²) in [5.74, 6) is 0.241. The molecule has 0 fully saturated rings. The molecule has 0 aliphatic carbocycles. The zero-order valence-corrected chi connectivity index (χ0v) is 14.8. The summed E-state index contributed by atoms with van der Waals surface area (Å²) in [4.78, 5) is 23.6. The molecule has 0 spiro atoms. The minimum atomic E-state index is -0.212. The second-order valence-corrected chi connectivity index (χ2v) is 5.63. The van der Waals surface area contributed by atoms with Crippen LogP contribution in [-0.2, 0) is 16.6 Å². The average molecular weight is 344 g/mol. The zero-order valence-electron chi connectivity index (χ0n) is 14.8. The van der Waals surface area contributed by atoms with Gasteiger partial charge in [-0.3, -0.25) is 14.3 Å². The normalized spacial score (nSPS) is 11.6. The molecule has 1 aromatic heterocycles. The number of nitrogens with zero attached hydrogens (tertiary/aromatic N) is 2. The predicted octanol–water partition coefficient (Wildman–Crippen LogP) is 2.41. The number of anilines is 1. The second-order valence-electron chi connectivity index (χ2n) is 5.63. The molecular weight excluding hydrogens is 320 g/mol. The quantitative estimate of drug-likeness (QED) is 0.770. The molecule has 1 atom stereocenters. The van der Waals surface area contributed by atoms with Crippen LogP contribution in [-0.4, -0.2) is 28.2 Å². The molecule has 0 unspecified atom stereocenters. The molecule has 7 heteroatoms. The van der Waals surface area contributed by atoms with E-state index in [4.69, 9.17) is 4.74 Å². The monoisotopic (exact) mass is 344 g/mol. The summed E-state index contributed by atoms with van der Waals surface area (Å²) in [6, 6.07) is 8.75. The summed E-state index contributed by atoms with van der Waals surface area (Å²) in [5.41, 5.74) is 1.59. The highest BCUT2D eigenvalue weighted by Gasteiger charge is 2.16. The maximum atomic E-state index is 12.2. The summed E-state index contributed by atoms with van der Waals surface area (Å²) in [7, 11) is 1.84. The summed E-state index contributed by atoms with van der Waals surface area (Å²) in [6.45, 7) is 3.69. The third-order valence-corrected chi connectivity index (χ3v) is 3.77. The molecule has 2 rings (SSSR count). The van der Waals surface area contributed by atoms with E-state index >= 15 is 0 Å². The van der Waals surface area contributed by atoms with Gasteiger partial charge in [0.15, 0.2) is 6.61 Å². The largest absolute Gasteiger partial charge is 0.484 e. The summed E-state index contributed by atoms with van der Waals surface area (Å²) in [6.07, 6.45) is 2.86. The van der Waals surface area contributed by atoms with Crippen molar-refractivity contribution >= 4 is 17.5 Å². The van der Waals surface area contributed by atoms with E-state index in [9.17, 15) is 9.59 Å². The van der Waals surface area contributed by atoms with Crippen LogP contribution in [0.1, 0.15) is 38.4 Å². The molecule has 0 aliphatic rings. The Morgan fingerprint density at radius 3 is 2.68 bits per heavy atom. The number of nitrogens with one attached hydrogen (secondary N) is 2. The van der Waals surface area contributed by atoms with Crippen LogP contribution in [0.15, 0.2) is 36.5 Å². The van der Waals surface area contributed by atoms with Gasteiger partial charge in [0.1, 0.15) is 5.75 Å². The van der Waals surface area contributed by atoms with Crippen molar-refractivity contribution in [3.8, 4) is 5.75 Å². The average Bonchev–Trinajstić information content (AvgIpc) is 3.04. The van der Waals surface area contributed by atoms with Gasteiger partial charge in [0.2, 0.25) is 5.91 Å². The van der Waals surface area contributed by atoms with Crippen LogP contribution in [0.4, 0.5) is 5.69 Å². The Bertz CT molecular complexity index is 727. The lowest BCUT2D eigenvalue weighted by Gasteiger charge is -2.17. The van der Waals surface area contributed by atoms with Gasteiger partial charge >= 0.3 is 0 Å². The maximum Gasteiger partial charge on any atom is 0.258 e. The molecule has 1 heterocycles. The highest BCUT2D eigenvalue weighted by atomic mass is 16.5. The molecule has 134 valence electrons. The van der Waals surface area contributed by atoms with Crippen molar-refractivity contribution in [3.05, 3.63) is 42.2 Å². The first-order chi connectivity index (χ1) is 12.0. The van der Waals surface area contributed by atoms with Gasteiger partial charge in [-0.25, -0.2) is 0 Å². The van der Waals surface area contributed by atoms with Crippen LogP contribution in [0.3, 0.4) is 0 Å². The summed E-state index contributed by atoms with van der Waals surface area (Å²) >= 11 is 0. The van der Waals surface area contributed by atoms with Crippen molar-refractivity contribution < 1.29 is 14.3 Å². The van der Waals surface area contributed by atoms with Crippen LogP contribution in [0.2, 0.25) is 0 Å². The van der Waals surface area contributed by atoms with Gasteiger partial charge in [-0.1, -0.05) is 19.9 Å². The van der Waals surface area contributed by atoms with E-state index in [1.807, 2.05) is 20.0 Å². The number of rotatable bonds is 8. The lowest BCUT2D eigenvalue weighted by Crippen LogP contribution is -2.33. The third kappa shape index (κ3) is 5.34. The fourth-order valence-electron chi connectivity index (χ4n) is 2.41. The first kappa shape index (κ1) is 18.5. The van der Waals surface area contributed by atoms with Gasteiger partial charge in [-0.15, -0.1) is 0 Å². The number of carbonyl (C=O) groups excluding carboxylic acids is 2. The molecule has 0 bridgehead atoms. The van der Waals surface area contributed by atoms with Crippen LogP contribution >= 0.6 is 0 Å². The predicted molar refractivity (Wildman–Crippen MR) is 95.2 cm³/mol. The molecule has 2 amide bonds. The van der Waals surface area contributed by atoms with Gasteiger partial charge in [-0.05, 0) is 24.6 Å². The molecule has 0 radical (unpaired) electrons. The Kier molecular flexibility index (Phi) is 6.56. The molecule has 1 aromatic carbocycles. The Morgan fingerprint density at radius 1 is 1.24 bits per heavy atom. The summed E-state index contributed by atoms with van der Waals surface area (Å²) in [5, 5.41) is 9.82. The van der Waals surface area contributed by atoms with E-state index in [1.165, 1.54) is 0 Å². The lowest BCUT2D eigenvalue weighted by molar-refractivity contribution is -0.124. The number of hydrogen-bond acceptors (Lipinski definition) is 4. The zero-order chi connectivity index (χ0) is 18.2. The maximum absolute atomic E-state index is 12.2. The molecule has 0 saturated heterocycles. The van der Waals surface area contributed by atoms with E-state index in [1.54, 1.807) is 42.1 Å². The number of aryl methyl sites for hydroxylation is 1. The van der Waals surface area contributed by atoms with E-state index in [0.29, 0.717) is 17.9 Å². The number of amides is 2. The Balaban J connectivity index is 1.90. The summed E-state index contributed by atoms with van der Waals surface area (Å²) < 4.78 is 7.28. The van der Waals surface area contributed by atoms with Crippen molar-refractivity contribution in [3.63, 3.8) is 0 Å². The van der Waals surface area contributed by atoms with E-state index < -0.39 is 0 Å². The van der Waals surface area contributed by atoms with Crippen molar-refractivity contribution in [2.24, 2.45) is 7.05 Å². The van der Waals surface area contributed by atoms with Crippen molar-refractivity contribution in [1.29, 1.82) is 0 Å². The van der Waals surface area contributed by atoms with Gasteiger partial charge in [-0.2, -0.15) is 5.10 Å². The second kappa shape index (κ2) is 8.86. The smallest absolute Gasteiger partial charge is 0.258 e. The van der Waals surface area contributed by atoms with Crippen molar-refractivity contribution in [1.82, 2.24) is 15.1 Å². The minimum absolute atomic E-state index is 0.0724. The van der Waals surface area contributed by atoms with Gasteiger partial charge in [0.25, 0.3) is 5.91 Å². The first-order valence-electron chi connectivity index (χ1n) is 8.33. The molecule has 0 saturated carbocycles. The molecule has 2 aromatic rings. The minimum Gasteiger partial charge on any atom is -0.484 e. The van der Waals surface area contributed by atoms with Crippen LogP contribution in [0.25, 0.3) is 0 Å². The van der Waals surface area contributed by atoms with E-state index in [0.717, 1.165) is 12.1 Å². The number of carbonyl (C=O) groups is 2. The van der Waals surface area contributed by atoms with E-state index in [2.05, 4.69) is 15.7 Å². The van der Waals surface area contributed by atoms with Crippen molar-refractivity contribution in [2.45, 2.75) is 32.7 Å². The Labute approximate surface area is 147 Å². The molecular formula is C18H24N4O3. The van der Waals surface area contributed by atoms with E-state index in [-0.39, 0.29) is 24.5 Å². The topological polar surface area (TPSA) is 85.2 Å². The highest BCUT2D eigenvalue weighted by molar-refractivity contribution is 5.90. The third-order valence-electron chi connectivity index (χ3n) is 3.77. The Morgan fingerprint density at radius 2 is 2.04 bits per heavy atom. The van der Waals surface area contributed by atoms with Gasteiger partial charge in [0.05, 0.1) is 11.7 Å².